The molecule has 3 rings (SSSR count). The minimum Gasteiger partial charge on any atom is -0.287 e. The second-order valence-electron chi connectivity index (χ2n) is 4.17. The third-order valence-corrected chi connectivity index (χ3v) is 4.61. The van der Waals surface area contributed by atoms with Crippen LogP contribution in [-0.2, 0) is 10.0 Å². The highest BCUT2D eigenvalue weighted by molar-refractivity contribution is 7.92. The molecule has 0 atom stereocenters. The Morgan fingerprint density at radius 3 is 2.81 bits per heavy atom. The lowest BCUT2D eigenvalue weighted by Crippen LogP contribution is -2.15. The predicted octanol–water partition coefficient (Wildman–Crippen LogP) is 2.32. The number of pyridine rings is 1. The summed E-state index contributed by atoms with van der Waals surface area (Å²) in [6.07, 6.45) is 2.89. The highest BCUT2D eigenvalue weighted by atomic mass is 35.5. The van der Waals surface area contributed by atoms with Crippen molar-refractivity contribution in [3.8, 4) is 0 Å². The molecule has 0 saturated heterocycles. The lowest BCUT2D eigenvalue weighted by molar-refractivity contribution is 0.570. The first-order valence-electron chi connectivity index (χ1n) is 5.73. The molecule has 0 aliphatic rings. The van der Waals surface area contributed by atoms with E-state index in [0.29, 0.717) is 5.65 Å². The van der Waals surface area contributed by atoms with Crippen LogP contribution in [0.25, 0.3) is 5.65 Å². The smallest absolute Gasteiger partial charge is 0.266 e. The fraction of sp³-hybridized carbons (Fsp3) is 0. The van der Waals surface area contributed by atoms with Crippen LogP contribution in [0.4, 0.5) is 10.1 Å². The van der Waals surface area contributed by atoms with Gasteiger partial charge < -0.3 is 0 Å². The van der Waals surface area contributed by atoms with Crippen molar-refractivity contribution in [1.82, 2.24) is 14.6 Å². The van der Waals surface area contributed by atoms with E-state index in [9.17, 15) is 12.8 Å². The molecule has 0 unspecified atom stereocenters. The first-order chi connectivity index (χ1) is 9.97. The van der Waals surface area contributed by atoms with Crippen molar-refractivity contribution in [2.75, 3.05) is 4.72 Å². The van der Waals surface area contributed by atoms with Crippen LogP contribution in [0.15, 0.2) is 47.8 Å². The van der Waals surface area contributed by atoms with E-state index in [1.54, 1.807) is 6.07 Å². The number of halogens is 2. The zero-order valence-electron chi connectivity index (χ0n) is 10.4. The minimum absolute atomic E-state index is 0.187. The molecule has 2 heterocycles. The summed E-state index contributed by atoms with van der Waals surface area (Å²) in [4.78, 5) is -0.587. The van der Waals surface area contributed by atoms with Crippen molar-refractivity contribution in [1.29, 1.82) is 0 Å². The zero-order chi connectivity index (χ0) is 15.0. The largest absolute Gasteiger partial charge is 0.287 e. The van der Waals surface area contributed by atoms with Crippen molar-refractivity contribution in [2.45, 2.75) is 4.90 Å². The Balaban J connectivity index is 2.03. The summed E-state index contributed by atoms with van der Waals surface area (Å²) in [5.74, 6) is -0.916. The van der Waals surface area contributed by atoms with Crippen molar-refractivity contribution < 1.29 is 12.8 Å². The highest BCUT2D eigenvalue weighted by Gasteiger charge is 2.22. The van der Waals surface area contributed by atoms with Gasteiger partial charge in [0.2, 0.25) is 0 Å². The molecule has 3 aromatic rings. The summed E-state index contributed by atoms with van der Waals surface area (Å²) in [7, 11) is -4.14. The highest BCUT2D eigenvalue weighted by Crippen LogP contribution is 2.26. The quantitative estimate of drug-likeness (QED) is 0.801. The molecular weight excluding hydrogens is 319 g/mol. The summed E-state index contributed by atoms with van der Waals surface area (Å²) >= 11 is 5.77. The Bertz CT molecular complexity index is 906. The van der Waals surface area contributed by atoms with Gasteiger partial charge >= 0.3 is 0 Å². The number of fused-ring (bicyclic) bond motifs is 1. The Labute approximate surface area is 124 Å². The van der Waals surface area contributed by atoms with Crippen LogP contribution >= 0.6 is 11.6 Å². The molecular formula is C12H8ClFN4O2S. The number of hydrogen-bond donors (Lipinski definition) is 1. The maximum absolute atomic E-state index is 13.7. The SMILES string of the molecule is O=S(=O)(Nc1ccc2nncn2c1)c1c(F)cccc1Cl. The van der Waals surface area contributed by atoms with Crippen LogP contribution in [-0.4, -0.2) is 23.0 Å². The lowest BCUT2D eigenvalue weighted by Gasteiger charge is -2.10. The molecule has 0 aliphatic carbocycles. The van der Waals surface area contributed by atoms with Crippen molar-refractivity contribution in [3.05, 3.63) is 53.7 Å². The first kappa shape index (κ1) is 13.8. The average molecular weight is 327 g/mol. The van der Waals surface area contributed by atoms with Gasteiger partial charge in [-0.15, -0.1) is 10.2 Å². The third kappa shape index (κ3) is 2.55. The van der Waals surface area contributed by atoms with Gasteiger partial charge in [0.05, 0.1) is 10.7 Å². The molecule has 21 heavy (non-hydrogen) atoms. The van der Waals surface area contributed by atoms with Crippen LogP contribution in [0, 0.1) is 5.82 Å². The zero-order valence-corrected chi connectivity index (χ0v) is 11.9. The van der Waals surface area contributed by atoms with Crippen LogP contribution in [0.5, 0.6) is 0 Å². The van der Waals surface area contributed by atoms with Gasteiger partial charge in [0.1, 0.15) is 17.0 Å². The maximum atomic E-state index is 13.7. The van der Waals surface area contributed by atoms with Gasteiger partial charge in [0.25, 0.3) is 10.0 Å². The van der Waals surface area contributed by atoms with Gasteiger partial charge in [0.15, 0.2) is 5.65 Å². The molecule has 0 spiro atoms. The summed E-state index contributed by atoms with van der Waals surface area (Å²) in [6, 6.07) is 6.75. The van der Waals surface area contributed by atoms with E-state index in [4.69, 9.17) is 11.6 Å². The summed E-state index contributed by atoms with van der Waals surface area (Å²) < 4.78 is 42.0. The fourth-order valence-corrected chi connectivity index (χ4v) is 3.48. The van der Waals surface area contributed by atoms with E-state index < -0.39 is 20.7 Å². The lowest BCUT2D eigenvalue weighted by atomic mass is 10.3. The number of sulfonamides is 1. The summed E-state index contributed by atoms with van der Waals surface area (Å²) in [5, 5.41) is 7.29. The Morgan fingerprint density at radius 1 is 1.24 bits per heavy atom. The normalized spacial score (nSPS) is 11.7. The van der Waals surface area contributed by atoms with Crippen LogP contribution in [0.2, 0.25) is 5.02 Å². The Morgan fingerprint density at radius 2 is 2.05 bits per heavy atom. The molecule has 0 amide bonds. The molecule has 0 fully saturated rings. The van der Waals surface area contributed by atoms with Gasteiger partial charge in [-0.2, -0.15) is 0 Å². The van der Waals surface area contributed by atoms with Crippen LogP contribution in [0.3, 0.4) is 0 Å². The molecule has 0 saturated carbocycles. The number of anilines is 1. The van der Waals surface area contributed by atoms with E-state index >= 15 is 0 Å². The van der Waals surface area contributed by atoms with Gasteiger partial charge in [-0.25, -0.2) is 12.8 Å². The number of aromatic nitrogens is 3. The van der Waals surface area contributed by atoms with E-state index in [1.165, 1.54) is 35.1 Å². The fourth-order valence-electron chi connectivity index (χ4n) is 1.83. The van der Waals surface area contributed by atoms with Gasteiger partial charge in [0, 0.05) is 6.20 Å². The van der Waals surface area contributed by atoms with Crippen molar-refractivity contribution >= 4 is 33.0 Å². The van der Waals surface area contributed by atoms with E-state index in [-0.39, 0.29) is 10.7 Å². The number of rotatable bonds is 3. The van der Waals surface area contributed by atoms with Crippen molar-refractivity contribution in [2.24, 2.45) is 0 Å². The van der Waals surface area contributed by atoms with Crippen molar-refractivity contribution in [3.63, 3.8) is 0 Å². The molecule has 9 heteroatoms. The topological polar surface area (TPSA) is 76.4 Å². The second-order valence-corrected chi connectivity index (χ2v) is 6.20. The van der Waals surface area contributed by atoms with E-state index in [0.717, 1.165) is 6.07 Å². The first-order valence-corrected chi connectivity index (χ1v) is 7.60. The number of benzene rings is 1. The van der Waals surface area contributed by atoms with Crippen LogP contribution in [0.1, 0.15) is 0 Å². The monoisotopic (exact) mass is 326 g/mol. The predicted molar refractivity (Wildman–Crippen MR) is 75.2 cm³/mol. The summed E-state index contributed by atoms with van der Waals surface area (Å²) in [6.45, 7) is 0. The van der Waals surface area contributed by atoms with Crippen LogP contribution < -0.4 is 4.72 Å². The second kappa shape index (κ2) is 4.97. The average Bonchev–Trinajstić information content (AvgIpc) is 2.85. The Kier molecular flexibility index (Phi) is 3.26. The Hall–Kier alpha value is -2.19. The number of nitrogens with zero attached hydrogens (tertiary/aromatic N) is 3. The number of hydrogen-bond acceptors (Lipinski definition) is 4. The molecule has 6 nitrogen and oxygen atoms in total. The van der Waals surface area contributed by atoms with Gasteiger partial charge in [-0.3, -0.25) is 9.12 Å². The van der Waals surface area contributed by atoms with Gasteiger partial charge in [-0.1, -0.05) is 17.7 Å². The third-order valence-electron chi connectivity index (χ3n) is 2.73. The molecule has 0 radical (unpaired) electrons. The molecule has 108 valence electrons. The molecule has 1 aromatic carbocycles. The molecule has 0 aliphatic heterocycles. The standard InChI is InChI=1S/C12H8ClFN4O2S/c13-9-2-1-3-10(14)12(9)21(19,20)17-8-4-5-11-16-15-7-18(11)6-8/h1-7,17H. The molecule has 2 aromatic heterocycles. The number of nitrogens with one attached hydrogen (secondary N) is 1. The maximum Gasteiger partial charge on any atom is 0.266 e. The minimum atomic E-state index is -4.14. The van der Waals surface area contributed by atoms with E-state index in [2.05, 4.69) is 14.9 Å². The van der Waals surface area contributed by atoms with E-state index in [1.807, 2.05) is 0 Å². The molecule has 0 bridgehead atoms. The summed E-state index contributed by atoms with van der Waals surface area (Å²) in [5.41, 5.74) is 0.795. The molecule has 1 N–H and O–H groups in total. The van der Waals surface area contributed by atoms with Gasteiger partial charge in [-0.05, 0) is 24.3 Å².